The van der Waals surface area contributed by atoms with Crippen molar-refractivity contribution in [2.75, 3.05) is 0 Å². The normalized spacial score (nSPS) is 14.1. The average molecular weight is 252 g/mol. The quantitative estimate of drug-likeness (QED) is 0.772. The van der Waals surface area contributed by atoms with Crippen LogP contribution in [0, 0.1) is 0 Å². The lowest BCUT2D eigenvalue weighted by Gasteiger charge is -2.18. The van der Waals surface area contributed by atoms with Gasteiger partial charge in [0.05, 0.1) is 17.2 Å². The van der Waals surface area contributed by atoms with E-state index in [4.69, 9.17) is 17.3 Å². The molecule has 0 aliphatic rings. The molecule has 0 radical (unpaired) electrons. The number of aliphatic hydroxyl groups excluding tert-OH is 1. The number of hydrogen-bond donors (Lipinski definition) is 3. The molecule has 0 bridgehead atoms. The lowest BCUT2D eigenvalue weighted by atomic mass is 10.00. The Morgan fingerprint density at radius 1 is 1.47 bits per heavy atom. The third-order valence-electron chi connectivity index (χ3n) is 2.21. The predicted molar refractivity (Wildman–Crippen MR) is 63.6 cm³/mol. The largest absolute Gasteiger partial charge is 0.506 e. The van der Waals surface area contributed by atoms with Crippen LogP contribution in [0.5, 0.6) is 5.75 Å². The summed E-state index contributed by atoms with van der Waals surface area (Å²) >= 11 is 5.72. The number of aromatic hydroxyl groups is 1. The Balaban J connectivity index is 0.00000196. The monoisotopic (exact) mass is 251 g/mol. The SMILES string of the molecule is CC[C@@H](O)[C@@H](N)c1cccc(Cl)c1O.Cl. The average Bonchev–Trinajstić information content (AvgIpc) is 2.20. The standard InChI is InChI=1S/C10H14ClNO2.ClH/c1-2-8(13)9(12)6-4-3-5-7(11)10(6)14;/h3-5,8-9,13-14H,2,12H2,1H3;1H/t8-,9+;/m1./s1. The molecule has 0 saturated carbocycles. The molecule has 4 N–H and O–H groups in total. The fraction of sp³-hybridized carbons (Fsp3) is 0.400. The number of rotatable bonds is 3. The third-order valence-corrected chi connectivity index (χ3v) is 2.51. The van der Waals surface area contributed by atoms with Gasteiger partial charge in [0.1, 0.15) is 5.75 Å². The van der Waals surface area contributed by atoms with Crippen LogP contribution in [0.2, 0.25) is 5.02 Å². The highest BCUT2D eigenvalue weighted by Crippen LogP contribution is 2.32. The van der Waals surface area contributed by atoms with Gasteiger partial charge in [0, 0.05) is 5.56 Å². The molecule has 1 aromatic rings. The second-order valence-electron chi connectivity index (χ2n) is 3.18. The zero-order valence-electron chi connectivity index (χ0n) is 8.35. The van der Waals surface area contributed by atoms with Crippen LogP contribution in [0.15, 0.2) is 18.2 Å². The minimum absolute atomic E-state index is 0. The molecule has 0 aliphatic heterocycles. The summed E-state index contributed by atoms with van der Waals surface area (Å²) < 4.78 is 0. The van der Waals surface area contributed by atoms with E-state index in [-0.39, 0.29) is 23.2 Å². The van der Waals surface area contributed by atoms with E-state index < -0.39 is 12.1 Å². The van der Waals surface area contributed by atoms with Crippen molar-refractivity contribution in [3.05, 3.63) is 28.8 Å². The molecule has 3 nitrogen and oxygen atoms in total. The highest BCUT2D eigenvalue weighted by molar-refractivity contribution is 6.32. The van der Waals surface area contributed by atoms with Gasteiger partial charge in [-0.25, -0.2) is 0 Å². The van der Waals surface area contributed by atoms with Gasteiger partial charge in [0.15, 0.2) is 0 Å². The van der Waals surface area contributed by atoms with Gasteiger partial charge in [-0.05, 0) is 12.5 Å². The van der Waals surface area contributed by atoms with Crippen LogP contribution in [0.4, 0.5) is 0 Å². The van der Waals surface area contributed by atoms with Gasteiger partial charge in [-0.3, -0.25) is 0 Å². The fourth-order valence-electron chi connectivity index (χ4n) is 1.26. The Morgan fingerprint density at radius 2 is 2.07 bits per heavy atom. The van der Waals surface area contributed by atoms with E-state index in [1.54, 1.807) is 18.2 Å². The maximum Gasteiger partial charge on any atom is 0.139 e. The molecule has 0 saturated heterocycles. The van der Waals surface area contributed by atoms with Crippen molar-refractivity contribution < 1.29 is 10.2 Å². The molecule has 1 aromatic carbocycles. The molecule has 0 amide bonds. The zero-order valence-corrected chi connectivity index (χ0v) is 9.92. The Hall–Kier alpha value is -0.480. The van der Waals surface area contributed by atoms with Crippen LogP contribution in [0.3, 0.4) is 0 Å². The van der Waals surface area contributed by atoms with E-state index >= 15 is 0 Å². The summed E-state index contributed by atoms with van der Waals surface area (Å²) in [6, 6.07) is 4.33. The number of phenolic OH excluding ortho intramolecular Hbond substituents is 1. The smallest absolute Gasteiger partial charge is 0.139 e. The first-order valence-electron chi connectivity index (χ1n) is 4.49. The van der Waals surface area contributed by atoms with Crippen LogP contribution in [-0.2, 0) is 0 Å². The minimum atomic E-state index is -0.667. The van der Waals surface area contributed by atoms with Gasteiger partial charge >= 0.3 is 0 Å². The predicted octanol–water partition coefficient (Wildman–Crippen LogP) is 2.24. The van der Waals surface area contributed by atoms with Crippen LogP contribution in [0.25, 0.3) is 0 Å². The van der Waals surface area contributed by atoms with Gasteiger partial charge in [-0.2, -0.15) is 0 Å². The van der Waals surface area contributed by atoms with Crippen molar-refractivity contribution in [2.24, 2.45) is 5.73 Å². The number of phenols is 1. The third kappa shape index (κ3) is 3.24. The Kier molecular flexibility index (Phi) is 5.98. The minimum Gasteiger partial charge on any atom is -0.506 e. The molecule has 0 spiro atoms. The number of hydrogen-bond acceptors (Lipinski definition) is 3. The number of halogens is 2. The van der Waals surface area contributed by atoms with Crippen molar-refractivity contribution >= 4 is 24.0 Å². The Bertz CT molecular complexity index is 320. The highest BCUT2D eigenvalue weighted by atomic mass is 35.5. The van der Waals surface area contributed by atoms with E-state index in [2.05, 4.69) is 0 Å². The van der Waals surface area contributed by atoms with Crippen molar-refractivity contribution in [1.82, 2.24) is 0 Å². The Morgan fingerprint density at radius 3 is 2.60 bits per heavy atom. The van der Waals surface area contributed by atoms with Gasteiger partial charge in [0.25, 0.3) is 0 Å². The summed E-state index contributed by atoms with van der Waals surface area (Å²) in [7, 11) is 0. The van der Waals surface area contributed by atoms with Crippen molar-refractivity contribution in [3.63, 3.8) is 0 Å². The van der Waals surface area contributed by atoms with Crippen LogP contribution in [-0.4, -0.2) is 16.3 Å². The van der Waals surface area contributed by atoms with E-state index in [0.29, 0.717) is 12.0 Å². The molecule has 0 heterocycles. The maximum absolute atomic E-state index is 9.59. The fourth-order valence-corrected chi connectivity index (χ4v) is 1.44. The van der Waals surface area contributed by atoms with Crippen LogP contribution < -0.4 is 5.73 Å². The molecule has 0 fully saturated rings. The summed E-state index contributed by atoms with van der Waals surface area (Å²) in [5.74, 6) is -0.0471. The first-order chi connectivity index (χ1) is 6.57. The molecule has 5 heteroatoms. The van der Waals surface area contributed by atoms with Crippen LogP contribution >= 0.6 is 24.0 Å². The molecule has 2 atom stereocenters. The Labute approximate surface area is 100 Å². The topological polar surface area (TPSA) is 66.5 Å². The first-order valence-corrected chi connectivity index (χ1v) is 4.86. The second kappa shape index (κ2) is 6.18. The van der Waals surface area contributed by atoms with Gasteiger partial charge in [-0.15, -0.1) is 12.4 Å². The lowest BCUT2D eigenvalue weighted by Crippen LogP contribution is -2.25. The molecule has 15 heavy (non-hydrogen) atoms. The molecule has 1 rings (SSSR count). The molecule has 0 unspecified atom stereocenters. The van der Waals surface area contributed by atoms with E-state index in [1.165, 1.54) is 0 Å². The van der Waals surface area contributed by atoms with Gasteiger partial charge < -0.3 is 15.9 Å². The van der Waals surface area contributed by atoms with E-state index in [0.717, 1.165) is 0 Å². The summed E-state index contributed by atoms with van der Waals surface area (Å²) in [5, 5.41) is 19.4. The molecule has 0 aliphatic carbocycles. The first kappa shape index (κ1) is 14.5. The maximum atomic E-state index is 9.59. The number of nitrogens with two attached hydrogens (primary N) is 1. The lowest BCUT2D eigenvalue weighted by molar-refractivity contribution is 0.139. The van der Waals surface area contributed by atoms with Crippen molar-refractivity contribution in [3.8, 4) is 5.75 Å². The number of benzene rings is 1. The molecular formula is C10H15Cl2NO2. The summed E-state index contributed by atoms with van der Waals surface area (Å²) in [6.07, 6.45) is -0.132. The van der Waals surface area contributed by atoms with E-state index in [9.17, 15) is 10.2 Å². The molecule has 86 valence electrons. The second-order valence-corrected chi connectivity index (χ2v) is 3.59. The van der Waals surface area contributed by atoms with Gasteiger partial charge in [-0.1, -0.05) is 30.7 Å². The van der Waals surface area contributed by atoms with Crippen molar-refractivity contribution in [2.45, 2.75) is 25.5 Å². The highest BCUT2D eigenvalue weighted by Gasteiger charge is 2.19. The zero-order chi connectivity index (χ0) is 10.7. The summed E-state index contributed by atoms with van der Waals surface area (Å²) in [6.45, 7) is 1.83. The number of para-hydroxylation sites is 1. The summed E-state index contributed by atoms with van der Waals surface area (Å²) in [4.78, 5) is 0. The van der Waals surface area contributed by atoms with Crippen molar-refractivity contribution in [1.29, 1.82) is 0 Å². The van der Waals surface area contributed by atoms with E-state index in [1.807, 2.05) is 6.92 Å². The number of aliphatic hydroxyl groups is 1. The summed E-state index contributed by atoms with van der Waals surface area (Å²) in [5.41, 5.74) is 6.23. The van der Waals surface area contributed by atoms with Crippen LogP contribution in [0.1, 0.15) is 24.9 Å². The molecular weight excluding hydrogens is 237 g/mol. The molecule has 0 aromatic heterocycles. The van der Waals surface area contributed by atoms with Gasteiger partial charge in [0.2, 0.25) is 0 Å².